The maximum absolute atomic E-state index is 11.5. The lowest BCUT2D eigenvalue weighted by Crippen LogP contribution is -2.11. The van der Waals surface area contributed by atoms with E-state index in [0.29, 0.717) is 23.2 Å². The van der Waals surface area contributed by atoms with Gasteiger partial charge >= 0.3 is 5.97 Å². The second-order valence-corrected chi connectivity index (χ2v) is 5.52. The van der Waals surface area contributed by atoms with Gasteiger partial charge in [0.15, 0.2) is 0 Å². The van der Waals surface area contributed by atoms with Crippen molar-refractivity contribution in [1.29, 1.82) is 0 Å². The van der Waals surface area contributed by atoms with E-state index in [9.17, 15) is 4.79 Å². The highest BCUT2D eigenvalue weighted by molar-refractivity contribution is 8.00. The minimum Gasteiger partial charge on any atom is -0.465 e. The molecule has 0 N–H and O–H groups in total. The van der Waals surface area contributed by atoms with Gasteiger partial charge in [0.2, 0.25) is 5.16 Å². The molecule has 0 unspecified atom stereocenters. The number of esters is 1. The predicted octanol–water partition coefficient (Wildman–Crippen LogP) is 1.72. The quantitative estimate of drug-likeness (QED) is 0.803. The summed E-state index contributed by atoms with van der Waals surface area (Å²) in [5.41, 5.74) is 0.795. The van der Waals surface area contributed by atoms with Crippen molar-refractivity contribution in [2.75, 3.05) is 6.61 Å². The van der Waals surface area contributed by atoms with Gasteiger partial charge < -0.3 is 4.74 Å². The van der Waals surface area contributed by atoms with E-state index in [2.05, 4.69) is 15.5 Å². The Morgan fingerprint density at radius 2 is 2.16 bits per heavy atom. The van der Waals surface area contributed by atoms with Gasteiger partial charge in [0.05, 0.1) is 12.3 Å². The zero-order valence-electron chi connectivity index (χ0n) is 9.69. The molecule has 1 saturated heterocycles. The van der Waals surface area contributed by atoms with E-state index in [-0.39, 0.29) is 11.2 Å². The van der Waals surface area contributed by atoms with Crippen molar-refractivity contribution >= 4 is 29.3 Å². The van der Waals surface area contributed by atoms with Crippen molar-refractivity contribution in [3.63, 3.8) is 0 Å². The lowest BCUT2D eigenvalue weighted by molar-refractivity contribution is -0.137. The molecule has 1 aromatic carbocycles. The zero-order chi connectivity index (χ0) is 13.2. The molecular weight excluding hydrogens is 288 g/mol. The smallest absolute Gasteiger partial charge is 0.319 e. The average Bonchev–Trinajstić information content (AvgIpc) is 3.01. The Labute approximate surface area is 118 Å². The fraction of sp³-hybridized carbons (Fsp3) is 0.273. The van der Waals surface area contributed by atoms with Gasteiger partial charge in [-0.05, 0) is 34.7 Å². The molecule has 19 heavy (non-hydrogen) atoms. The molecular formula is C11H9ClN4O2S. The number of cyclic esters (lactones) is 1. The number of carbonyl (C=O) groups is 1. The Morgan fingerprint density at radius 3 is 2.84 bits per heavy atom. The molecule has 98 valence electrons. The Morgan fingerprint density at radius 1 is 1.37 bits per heavy atom. The van der Waals surface area contributed by atoms with Gasteiger partial charge in [-0.2, -0.15) is 4.68 Å². The molecule has 3 rings (SSSR count). The van der Waals surface area contributed by atoms with Crippen LogP contribution in [-0.2, 0) is 9.53 Å². The summed E-state index contributed by atoms with van der Waals surface area (Å²) < 4.78 is 6.50. The molecule has 0 bridgehead atoms. The summed E-state index contributed by atoms with van der Waals surface area (Å²) in [6.07, 6.45) is 0.678. The molecule has 1 atom stereocenters. The van der Waals surface area contributed by atoms with Crippen molar-refractivity contribution in [1.82, 2.24) is 20.2 Å². The fourth-order valence-electron chi connectivity index (χ4n) is 1.71. The van der Waals surface area contributed by atoms with Crippen LogP contribution in [0.3, 0.4) is 0 Å². The number of hydrogen-bond donors (Lipinski definition) is 0. The van der Waals surface area contributed by atoms with Crippen LogP contribution in [0.5, 0.6) is 0 Å². The highest BCUT2D eigenvalue weighted by Crippen LogP contribution is 2.29. The van der Waals surface area contributed by atoms with E-state index in [1.54, 1.807) is 16.8 Å². The molecule has 8 heteroatoms. The van der Waals surface area contributed by atoms with Crippen LogP contribution in [-0.4, -0.2) is 38.0 Å². The van der Waals surface area contributed by atoms with Crippen LogP contribution < -0.4 is 0 Å². The Balaban J connectivity index is 1.86. The first-order valence-corrected chi connectivity index (χ1v) is 6.87. The summed E-state index contributed by atoms with van der Waals surface area (Å²) in [5.74, 6) is -0.212. The number of thioether (sulfide) groups is 1. The number of aromatic nitrogens is 4. The van der Waals surface area contributed by atoms with Gasteiger partial charge in [-0.25, -0.2) is 0 Å². The molecule has 2 heterocycles. The molecule has 0 spiro atoms. The fourth-order valence-corrected chi connectivity index (χ4v) is 2.79. The van der Waals surface area contributed by atoms with E-state index in [1.165, 1.54) is 11.8 Å². The van der Waals surface area contributed by atoms with Crippen LogP contribution in [0.25, 0.3) is 5.69 Å². The molecule has 0 amide bonds. The number of ether oxygens (including phenoxy) is 1. The van der Waals surface area contributed by atoms with E-state index < -0.39 is 0 Å². The van der Waals surface area contributed by atoms with Crippen LogP contribution in [0.1, 0.15) is 6.42 Å². The normalized spacial score (nSPS) is 18.6. The monoisotopic (exact) mass is 296 g/mol. The third kappa shape index (κ3) is 2.57. The van der Waals surface area contributed by atoms with Gasteiger partial charge in [0.1, 0.15) is 5.25 Å². The minimum atomic E-state index is -0.239. The van der Waals surface area contributed by atoms with Crippen LogP contribution in [0.2, 0.25) is 5.02 Å². The highest BCUT2D eigenvalue weighted by atomic mass is 35.5. The SMILES string of the molecule is O=C1OCC[C@@H]1Sc1nnnn1-c1ccc(Cl)cc1. The Bertz CT molecular complexity index is 601. The van der Waals surface area contributed by atoms with E-state index in [4.69, 9.17) is 16.3 Å². The molecule has 6 nitrogen and oxygen atoms in total. The van der Waals surface area contributed by atoms with E-state index in [0.717, 1.165) is 5.69 Å². The summed E-state index contributed by atoms with van der Waals surface area (Å²) in [6.45, 7) is 0.457. The van der Waals surface area contributed by atoms with E-state index in [1.807, 2.05) is 12.1 Å². The van der Waals surface area contributed by atoms with Crippen LogP contribution >= 0.6 is 23.4 Å². The Hall–Kier alpha value is -1.60. The van der Waals surface area contributed by atoms with Crippen molar-refractivity contribution in [3.8, 4) is 5.69 Å². The van der Waals surface area contributed by atoms with Gasteiger partial charge in [-0.3, -0.25) is 4.79 Å². The minimum absolute atomic E-state index is 0.212. The molecule has 1 aliphatic heterocycles. The summed E-state index contributed by atoms with van der Waals surface area (Å²) in [4.78, 5) is 11.5. The molecule has 0 radical (unpaired) electrons. The number of carbonyl (C=O) groups excluding carboxylic acids is 1. The standard InChI is InChI=1S/C11H9ClN4O2S/c12-7-1-3-8(4-2-7)16-11(13-14-15-16)19-9-5-6-18-10(9)17/h1-4,9H,5-6H2/t9-/m0/s1. The van der Waals surface area contributed by atoms with Crippen molar-refractivity contribution in [2.24, 2.45) is 0 Å². The molecule has 0 saturated carbocycles. The van der Waals surface area contributed by atoms with Crippen molar-refractivity contribution in [2.45, 2.75) is 16.8 Å². The maximum atomic E-state index is 11.5. The first kappa shape index (κ1) is 12.4. The van der Waals surface area contributed by atoms with Gasteiger partial charge in [-0.1, -0.05) is 23.4 Å². The molecule has 2 aromatic rings. The highest BCUT2D eigenvalue weighted by Gasteiger charge is 2.29. The number of rotatable bonds is 3. The lowest BCUT2D eigenvalue weighted by atomic mass is 10.3. The first-order valence-electron chi connectivity index (χ1n) is 5.61. The maximum Gasteiger partial charge on any atom is 0.319 e. The van der Waals surface area contributed by atoms with Gasteiger partial charge in [-0.15, -0.1) is 5.10 Å². The number of halogens is 1. The van der Waals surface area contributed by atoms with Gasteiger partial charge in [0.25, 0.3) is 0 Å². The molecule has 1 aliphatic rings. The second-order valence-electron chi connectivity index (χ2n) is 3.91. The number of nitrogens with zero attached hydrogens (tertiary/aromatic N) is 4. The van der Waals surface area contributed by atoms with E-state index >= 15 is 0 Å². The summed E-state index contributed by atoms with van der Waals surface area (Å²) in [7, 11) is 0. The lowest BCUT2D eigenvalue weighted by Gasteiger charge is -2.06. The van der Waals surface area contributed by atoms with Crippen LogP contribution in [0, 0.1) is 0 Å². The summed E-state index contributed by atoms with van der Waals surface area (Å²) in [5, 5.41) is 12.5. The second kappa shape index (κ2) is 5.18. The van der Waals surface area contributed by atoms with Crippen molar-refractivity contribution < 1.29 is 9.53 Å². The zero-order valence-corrected chi connectivity index (χ0v) is 11.3. The summed E-state index contributed by atoms with van der Waals surface area (Å²) in [6, 6.07) is 7.15. The van der Waals surface area contributed by atoms with Gasteiger partial charge in [0, 0.05) is 11.4 Å². The Kier molecular flexibility index (Phi) is 3.39. The first-order chi connectivity index (χ1) is 9.24. The molecule has 1 fully saturated rings. The van der Waals surface area contributed by atoms with Crippen LogP contribution in [0.4, 0.5) is 0 Å². The third-order valence-electron chi connectivity index (χ3n) is 2.65. The average molecular weight is 297 g/mol. The van der Waals surface area contributed by atoms with Crippen LogP contribution in [0.15, 0.2) is 29.4 Å². The topological polar surface area (TPSA) is 69.9 Å². The third-order valence-corrected chi connectivity index (χ3v) is 4.08. The molecule has 1 aromatic heterocycles. The number of benzene rings is 1. The number of hydrogen-bond acceptors (Lipinski definition) is 6. The van der Waals surface area contributed by atoms with Crippen molar-refractivity contribution in [3.05, 3.63) is 29.3 Å². The largest absolute Gasteiger partial charge is 0.465 e. The summed E-state index contributed by atoms with van der Waals surface area (Å²) >= 11 is 7.15. The number of tetrazole rings is 1. The molecule has 0 aliphatic carbocycles. The predicted molar refractivity (Wildman–Crippen MR) is 69.4 cm³/mol.